The summed E-state index contributed by atoms with van der Waals surface area (Å²) in [6.45, 7) is 4.07. The van der Waals surface area contributed by atoms with Gasteiger partial charge in [0.2, 0.25) is 0 Å². The van der Waals surface area contributed by atoms with Gasteiger partial charge in [-0.1, -0.05) is 37.0 Å². The summed E-state index contributed by atoms with van der Waals surface area (Å²) in [7, 11) is 0. The number of nitrogens with one attached hydrogen (secondary N) is 1. The van der Waals surface area contributed by atoms with Gasteiger partial charge in [0.05, 0.1) is 9.95 Å². The van der Waals surface area contributed by atoms with Gasteiger partial charge in [-0.25, -0.2) is 0 Å². The van der Waals surface area contributed by atoms with E-state index in [0.29, 0.717) is 0 Å². The van der Waals surface area contributed by atoms with Crippen molar-refractivity contribution in [3.63, 3.8) is 0 Å². The number of amides is 1. The van der Waals surface area contributed by atoms with Crippen LogP contribution in [0.4, 0.5) is 5.69 Å². The third-order valence-electron chi connectivity index (χ3n) is 3.29. The first-order chi connectivity index (χ1) is 8.72. The SMILES string of the molecule is CC1(C)CC1NC(=O)c1cc(Cl)c(Cl)c([N+](=O)[O-])c1. The first kappa shape index (κ1) is 14.1. The molecule has 19 heavy (non-hydrogen) atoms. The number of hydrogen-bond donors (Lipinski definition) is 1. The standard InChI is InChI=1S/C12H12Cl2N2O3/c1-12(2)5-9(12)15-11(17)6-3-7(13)10(14)8(4-6)16(18)19/h3-4,9H,5H2,1-2H3,(H,15,17). The van der Waals surface area contributed by atoms with Crippen LogP contribution >= 0.6 is 23.2 Å². The molecule has 1 N–H and O–H groups in total. The molecule has 1 aliphatic carbocycles. The molecule has 7 heteroatoms. The lowest BCUT2D eigenvalue weighted by molar-refractivity contribution is -0.384. The van der Waals surface area contributed by atoms with Gasteiger partial charge in [0.15, 0.2) is 0 Å². The molecule has 1 aliphatic rings. The van der Waals surface area contributed by atoms with Crippen LogP contribution in [0.15, 0.2) is 12.1 Å². The normalized spacial score (nSPS) is 19.9. The Kier molecular flexibility index (Phi) is 3.45. The van der Waals surface area contributed by atoms with Crippen molar-refractivity contribution in [2.45, 2.75) is 26.3 Å². The lowest BCUT2D eigenvalue weighted by Gasteiger charge is -2.08. The molecule has 0 bridgehead atoms. The molecule has 1 aromatic carbocycles. The molecule has 0 saturated heterocycles. The molecule has 0 heterocycles. The summed E-state index contributed by atoms with van der Waals surface area (Å²) in [5.41, 5.74) is -0.143. The third kappa shape index (κ3) is 2.82. The summed E-state index contributed by atoms with van der Waals surface area (Å²) in [6.07, 6.45) is 0.891. The van der Waals surface area contributed by atoms with E-state index in [1.165, 1.54) is 6.07 Å². The second-order valence-corrected chi connectivity index (χ2v) is 6.05. The molecule has 5 nitrogen and oxygen atoms in total. The molecule has 0 aromatic heterocycles. The summed E-state index contributed by atoms with van der Waals surface area (Å²) < 4.78 is 0. The number of nitro groups is 1. The number of hydrogen-bond acceptors (Lipinski definition) is 3. The van der Waals surface area contributed by atoms with E-state index < -0.39 is 4.92 Å². The summed E-state index contributed by atoms with van der Waals surface area (Å²) in [5.74, 6) is -0.378. The summed E-state index contributed by atoms with van der Waals surface area (Å²) in [6, 6.07) is 2.56. The van der Waals surface area contributed by atoms with Gasteiger partial charge in [-0.2, -0.15) is 0 Å². The van der Waals surface area contributed by atoms with Gasteiger partial charge in [0.25, 0.3) is 11.6 Å². The van der Waals surface area contributed by atoms with Crippen LogP contribution in [0.5, 0.6) is 0 Å². The van der Waals surface area contributed by atoms with E-state index in [2.05, 4.69) is 5.32 Å². The van der Waals surface area contributed by atoms with Crippen LogP contribution in [-0.2, 0) is 0 Å². The molecule has 0 aliphatic heterocycles. The number of carbonyl (C=O) groups excluding carboxylic acids is 1. The zero-order valence-corrected chi connectivity index (χ0v) is 11.9. The second-order valence-electron chi connectivity index (χ2n) is 5.27. The van der Waals surface area contributed by atoms with E-state index in [1.807, 2.05) is 13.8 Å². The van der Waals surface area contributed by atoms with Crippen LogP contribution in [0.3, 0.4) is 0 Å². The van der Waals surface area contributed by atoms with Crippen molar-refractivity contribution >= 4 is 34.8 Å². The van der Waals surface area contributed by atoms with Gasteiger partial charge < -0.3 is 5.32 Å². The smallest absolute Gasteiger partial charge is 0.290 e. The summed E-state index contributed by atoms with van der Waals surface area (Å²) in [4.78, 5) is 22.1. The molecule has 2 rings (SSSR count). The van der Waals surface area contributed by atoms with Crippen molar-refractivity contribution in [3.05, 3.63) is 37.9 Å². The quantitative estimate of drug-likeness (QED) is 0.687. The minimum atomic E-state index is -0.661. The molecule has 1 unspecified atom stereocenters. The molecule has 1 aromatic rings. The van der Waals surface area contributed by atoms with E-state index in [4.69, 9.17) is 23.2 Å². The molecular formula is C12H12Cl2N2O3. The highest BCUT2D eigenvalue weighted by atomic mass is 35.5. The van der Waals surface area contributed by atoms with E-state index in [0.717, 1.165) is 12.5 Å². The van der Waals surface area contributed by atoms with Crippen molar-refractivity contribution in [3.8, 4) is 0 Å². The van der Waals surface area contributed by atoms with E-state index in [1.54, 1.807) is 0 Å². The fraction of sp³-hybridized carbons (Fsp3) is 0.417. The molecule has 102 valence electrons. The van der Waals surface area contributed by atoms with Crippen LogP contribution in [-0.4, -0.2) is 16.9 Å². The average molecular weight is 303 g/mol. The minimum absolute atomic E-state index is 0.00364. The lowest BCUT2D eigenvalue weighted by atomic mass is 10.1. The van der Waals surface area contributed by atoms with Crippen LogP contribution < -0.4 is 5.32 Å². The number of nitro benzene ring substituents is 1. The summed E-state index contributed by atoms with van der Waals surface area (Å²) in [5, 5.41) is 13.5. The van der Waals surface area contributed by atoms with Crippen molar-refractivity contribution in [2.24, 2.45) is 5.41 Å². The largest absolute Gasteiger partial charge is 0.349 e. The molecule has 1 saturated carbocycles. The lowest BCUT2D eigenvalue weighted by Crippen LogP contribution is -2.28. The van der Waals surface area contributed by atoms with Crippen LogP contribution in [0.25, 0.3) is 0 Å². The number of halogens is 2. The Balaban J connectivity index is 2.25. The molecule has 1 fully saturated rings. The Hall–Kier alpha value is -1.33. The van der Waals surface area contributed by atoms with Crippen LogP contribution in [0.2, 0.25) is 10.0 Å². The van der Waals surface area contributed by atoms with Crippen molar-refractivity contribution in [2.75, 3.05) is 0 Å². The highest BCUT2D eigenvalue weighted by Crippen LogP contribution is 2.44. The second kappa shape index (κ2) is 4.65. The predicted octanol–water partition coefficient (Wildman–Crippen LogP) is 3.43. The Labute approximate surface area is 120 Å². The molecular weight excluding hydrogens is 291 g/mol. The average Bonchev–Trinajstić information content (AvgIpc) is 2.89. The Morgan fingerprint density at radius 2 is 2.05 bits per heavy atom. The maximum Gasteiger partial charge on any atom is 0.290 e. The third-order valence-corrected chi connectivity index (χ3v) is 4.08. The van der Waals surface area contributed by atoms with Gasteiger partial charge in [0.1, 0.15) is 5.02 Å². The number of nitrogens with zero attached hydrogens (tertiary/aromatic N) is 1. The minimum Gasteiger partial charge on any atom is -0.349 e. The topological polar surface area (TPSA) is 72.2 Å². The van der Waals surface area contributed by atoms with Crippen molar-refractivity contribution in [1.29, 1.82) is 0 Å². The zero-order chi connectivity index (χ0) is 14.4. The molecule has 1 atom stereocenters. The highest BCUT2D eigenvalue weighted by Gasteiger charge is 2.46. The van der Waals surface area contributed by atoms with E-state index in [-0.39, 0.29) is 38.7 Å². The van der Waals surface area contributed by atoms with E-state index in [9.17, 15) is 14.9 Å². The Morgan fingerprint density at radius 3 is 2.53 bits per heavy atom. The molecule has 1 amide bonds. The number of carbonyl (C=O) groups is 1. The monoisotopic (exact) mass is 302 g/mol. The molecule has 0 spiro atoms. The van der Waals surface area contributed by atoms with Gasteiger partial charge >= 0.3 is 0 Å². The Morgan fingerprint density at radius 1 is 1.47 bits per heavy atom. The highest BCUT2D eigenvalue weighted by molar-refractivity contribution is 6.43. The van der Waals surface area contributed by atoms with Crippen molar-refractivity contribution < 1.29 is 9.72 Å². The number of rotatable bonds is 3. The summed E-state index contributed by atoms with van der Waals surface area (Å²) >= 11 is 11.5. The maximum absolute atomic E-state index is 12.0. The Bertz CT molecular complexity index is 572. The van der Waals surface area contributed by atoms with Gasteiger partial charge in [-0.05, 0) is 17.9 Å². The van der Waals surface area contributed by atoms with Gasteiger partial charge in [0, 0.05) is 17.7 Å². The molecule has 0 radical (unpaired) electrons. The van der Waals surface area contributed by atoms with Gasteiger partial charge in [-0.3, -0.25) is 14.9 Å². The van der Waals surface area contributed by atoms with Crippen LogP contribution in [0, 0.1) is 15.5 Å². The van der Waals surface area contributed by atoms with Crippen LogP contribution in [0.1, 0.15) is 30.6 Å². The number of benzene rings is 1. The van der Waals surface area contributed by atoms with Crippen molar-refractivity contribution in [1.82, 2.24) is 5.32 Å². The first-order valence-electron chi connectivity index (χ1n) is 5.66. The fourth-order valence-corrected chi connectivity index (χ4v) is 2.19. The van der Waals surface area contributed by atoms with E-state index >= 15 is 0 Å². The zero-order valence-electron chi connectivity index (χ0n) is 10.4. The predicted molar refractivity (Wildman–Crippen MR) is 72.8 cm³/mol. The first-order valence-corrected chi connectivity index (χ1v) is 6.42. The fourth-order valence-electron chi connectivity index (χ4n) is 1.79. The maximum atomic E-state index is 12.0. The van der Waals surface area contributed by atoms with Gasteiger partial charge in [-0.15, -0.1) is 0 Å².